The van der Waals surface area contributed by atoms with Crippen LogP contribution in [-0.4, -0.2) is 155 Å². The van der Waals surface area contributed by atoms with Gasteiger partial charge in [0.05, 0.1) is 32.0 Å². The van der Waals surface area contributed by atoms with Crippen LogP contribution in [0.25, 0.3) is 10.9 Å². The van der Waals surface area contributed by atoms with Gasteiger partial charge in [-0.1, -0.05) is 38.1 Å². The van der Waals surface area contributed by atoms with Crippen LogP contribution in [0.3, 0.4) is 0 Å². The maximum absolute atomic E-state index is 15.6. The van der Waals surface area contributed by atoms with Crippen molar-refractivity contribution >= 4 is 41.2 Å². The van der Waals surface area contributed by atoms with Gasteiger partial charge in [0.25, 0.3) is 0 Å². The number of fused-ring (bicyclic) bond motifs is 6. The maximum atomic E-state index is 15.6. The van der Waals surface area contributed by atoms with E-state index in [9.17, 15) is 34.5 Å². The molecule has 1 saturated carbocycles. The largest absolute Gasteiger partial charge is 0.481 e. The zero-order chi connectivity index (χ0) is 47.1. The fourth-order valence-corrected chi connectivity index (χ4v) is 14.5. The molecule has 1 aromatic carbocycles. The Morgan fingerprint density at radius 1 is 0.985 bits per heavy atom. The first kappa shape index (κ1) is 46.2. The van der Waals surface area contributed by atoms with Gasteiger partial charge in [-0.15, -0.1) is 0 Å². The number of nitrogens with one attached hydrogen (secondary N) is 1. The first-order chi connectivity index (χ1) is 31.5. The quantitative estimate of drug-likeness (QED) is 0.104. The fraction of sp³-hybridized carbons (Fsp3) is 0.620. The van der Waals surface area contributed by atoms with Gasteiger partial charge in [0.15, 0.2) is 6.10 Å². The second-order valence-electron chi connectivity index (χ2n) is 20.0. The lowest BCUT2D eigenvalue weighted by Gasteiger charge is -2.63. The number of carboxylic acids is 1. The number of aryl methyl sites for hydroxylation is 1. The number of carbonyl (C=O) groups excluding carboxylic acids is 4. The Kier molecular flexibility index (Phi) is 11.7. The smallest absolute Gasteiger partial charge is 0.344 e. The number of amides is 1. The average Bonchev–Trinajstić information content (AvgIpc) is 3.97. The molecular weight excluding hydrogens is 849 g/mol. The fourth-order valence-electron chi connectivity index (χ4n) is 14.5. The van der Waals surface area contributed by atoms with E-state index in [4.69, 9.17) is 18.9 Å². The van der Waals surface area contributed by atoms with Gasteiger partial charge in [-0.05, 0) is 98.7 Å². The Labute approximate surface area is 384 Å². The number of nitrogens with zero attached hydrogens (tertiary/aromatic N) is 3. The molecule has 2 bridgehead atoms. The molecule has 6 heterocycles. The highest BCUT2D eigenvalue weighted by atomic mass is 16.6. The highest BCUT2D eigenvalue weighted by molar-refractivity contribution is 5.92. The minimum atomic E-state index is -2.55. The van der Waals surface area contributed by atoms with Gasteiger partial charge in [0, 0.05) is 91.7 Å². The van der Waals surface area contributed by atoms with Gasteiger partial charge in [-0.3, -0.25) is 29.0 Å². The number of hydrogen-bond acceptors (Lipinski definition) is 13. The summed E-state index contributed by atoms with van der Waals surface area (Å²) in [5, 5.41) is 35.8. The topological polar surface area (TPSA) is 208 Å². The summed E-state index contributed by atoms with van der Waals surface area (Å²) in [6.07, 6.45) is 9.72. The molecule has 12 atom stereocenters. The van der Waals surface area contributed by atoms with E-state index in [2.05, 4.69) is 26.9 Å². The number of methoxy groups -OCH3 is 3. The molecule has 3 saturated heterocycles. The summed E-state index contributed by atoms with van der Waals surface area (Å²) in [5.41, 5.74) is -2.86. The van der Waals surface area contributed by atoms with Crippen LogP contribution >= 0.6 is 0 Å². The van der Waals surface area contributed by atoms with E-state index < -0.39 is 81.5 Å². The summed E-state index contributed by atoms with van der Waals surface area (Å²) < 4.78 is 24.0. The summed E-state index contributed by atoms with van der Waals surface area (Å²) in [5.74, 6) is -4.08. The van der Waals surface area contributed by atoms with E-state index in [1.807, 2.05) is 44.2 Å². The minimum Gasteiger partial charge on any atom is -0.481 e. The van der Waals surface area contributed by atoms with E-state index in [0.717, 1.165) is 22.0 Å². The SMILES string of the molecule is CC[C@]1(O)C[C@@H]2CN(CCc3c([nH]c4ccc(CCCC(=O)O)cc34)[C@@](C(=O)OC)(C3C=C4C(=CC3OC)N(C=O)[C@H]3[C@@](O)(C(=O)OC)[C@H](OC(C)=O)[C@]5(CC)C=CCN6CC[C@]43[C@@H]65)C2)C1. The van der Waals surface area contributed by atoms with Crippen molar-refractivity contribution in [1.82, 2.24) is 19.7 Å². The van der Waals surface area contributed by atoms with E-state index >= 15 is 4.79 Å². The van der Waals surface area contributed by atoms with Gasteiger partial charge in [-0.2, -0.15) is 0 Å². The molecule has 2 aromatic rings. The normalized spacial score (nSPS) is 37.8. The first-order valence-corrected chi connectivity index (χ1v) is 23.5. The van der Waals surface area contributed by atoms with E-state index in [-0.39, 0.29) is 18.8 Å². The summed E-state index contributed by atoms with van der Waals surface area (Å²) >= 11 is 0. The number of ether oxygens (including phenoxy) is 4. The predicted molar refractivity (Wildman–Crippen MR) is 240 cm³/mol. The first-order valence-electron chi connectivity index (χ1n) is 23.5. The van der Waals surface area contributed by atoms with Crippen molar-refractivity contribution in [3.8, 4) is 0 Å². The van der Waals surface area contributed by atoms with Gasteiger partial charge in [0.2, 0.25) is 12.0 Å². The number of hydrogen-bond donors (Lipinski definition) is 4. The van der Waals surface area contributed by atoms with Crippen LogP contribution in [-0.2, 0) is 61.2 Å². The molecular formula is C50H64N4O12. The number of aliphatic carboxylic acids is 1. The summed E-state index contributed by atoms with van der Waals surface area (Å²) in [4.78, 5) is 78.2. The Balaban J connectivity index is 1.32. The van der Waals surface area contributed by atoms with Crippen molar-refractivity contribution in [2.24, 2.45) is 22.7 Å². The van der Waals surface area contributed by atoms with Gasteiger partial charge in [0.1, 0.15) is 5.41 Å². The molecule has 4 N–H and O–H groups in total. The number of carbonyl (C=O) groups is 5. The maximum Gasteiger partial charge on any atom is 0.344 e. The molecule has 1 aromatic heterocycles. The Morgan fingerprint density at radius 3 is 2.42 bits per heavy atom. The Hall–Kier alpha value is -4.87. The summed E-state index contributed by atoms with van der Waals surface area (Å²) in [6, 6.07) is 4.29. The van der Waals surface area contributed by atoms with E-state index in [1.54, 1.807) is 7.11 Å². The lowest BCUT2D eigenvalue weighted by atomic mass is 9.47. The Morgan fingerprint density at radius 2 is 1.76 bits per heavy atom. The van der Waals surface area contributed by atoms with E-state index in [1.165, 1.54) is 26.0 Å². The molecule has 16 heteroatoms. The van der Waals surface area contributed by atoms with Crippen LogP contribution in [0, 0.1) is 22.7 Å². The molecule has 0 radical (unpaired) electrons. The number of aromatic nitrogens is 1. The third-order valence-electron chi connectivity index (χ3n) is 16.9. The molecule has 1 amide bonds. The number of likely N-dealkylation sites (tertiary alicyclic amines) is 1. The molecule has 5 aliphatic heterocycles. The van der Waals surface area contributed by atoms with Gasteiger partial charge < -0.3 is 44.2 Å². The van der Waals surface area contributed by atoms with Crippen LogP contribution in [0.1, 0.15) is 82.5 Å². The zero-order valence-electron chi connectivity index (χ0n) is 38.8. The molecule has 4 fully saturated rings. The highest BCUT2D eigenvalue weighted by Gasteiger charge is 2.82. The molecule has 2 aliphatic carbocycles. The monoisotopic (exact) mass is 912 g/mol. The number of carboxylic acid groups (broad SMARTS) is 1. The second-order valence-corrected chi connectivity index (χ2v) is 20.0. The van der Waals surface area contributed by atoms with Crippen LogP contribution in [0.5, 0.6) is 0 Å². The van der Waals surface area contributed by atoms with Crippen molar-refractivity contribution < 1.29 is 58.2 Å². The molecule has 7 aliphatic rings. The lowest BCUT2D eigenvalue weighted by Crippen LogP contribution is -2.80. The molecule has 16 nitrogen and oxygen atoms in total. The molecule has 66 heavy (non-hydrogen) atoms. The third kappa shape index (κ3) is 6.51. The van der Waals surface area contributed by atoms with Crippen molar-refractivity contribution in [2.75, 3.05) is 54.1 Å². The van der Waals surface area contributed by atoms with Crippen molar-refractivity contribution in [3.05, 3.63) is 70.6 Å². The van der Waals surface area contributed by atoms with Crippen molar-refractivity contribution in [2.45, 2.75) is 119 Å². The second kappa shape index (κ2) is 16.7. The number of benzene rings is 1. The number of H-pyrrole nitrogens is 1. The van der Waals surface area contributed by atoms with Crippen LogP contribution in [0.2, 0.25) is 0 Å². The predicted octanol–water partition coefficient (Wildman–Crippen LogP) is 3.57. The standard InChI is InChI=1S/C50H64N4O12/c1-7-46(61)24-31-25-49(44(59)64-5,40-32(15-19-52(26-31)27-46)33-21-30(11-9-12-39(57)58)13-14-36(33)51-40)35-22-34-37(23-38(35)63-4)54(28-55)42-48(34)17-20-53-18-10-16-47(8-2,41(48)53)43(66-29(3)56)50(42,62)45(60)65-6/h10,13-14,16,21-23,28,31,35,38,41-43,51,61-62H,7-9,11-12,15,17-20,24-27H2,1-6H3,(H,57,58)/t31-,35?,38?,41-,42+,43+,46-,47+,48+,49-,50-/m0/s1. The molecule has 356 valence electrons. The third-order valence-corrected chi connectivity index (χ3v) is 16.9. The number of aromatic amines is 1. The average molecular weight is 913 g/mol. The van der Waals surface area contributed by atoms with Crippen molar-refractivity contribution in [3.63, 3.8) is 0 Å². The van der Waals surface area contributed by atoms with Crippen LogP contribution in [0.4, 0.5) is 0 Å². The molecule has 9 rings (SSSR count). The summed E-state index contributed by atoms with van der Waals surface area (Å²) in [6.45, 7) is 7.97. The molecule has 1 spiro atoms. The number of esters is 3. The minimum absolute atomic E-state index is 0.0370. The number of aliphatic hydroxyl groups is 2. The van der Waals surface area contributed by atoms with E-state index in [0.29, 0.717) is 101 Å². The lowest BCUT2D eigenvalue weighted by molar-refractivity contribution is -0.242. The van der Waals surface area contributed by atoms with Crippen LogP contribution in [0.15, 0.2) is 53.8 Å². The number of rotatable bonds is 12. The van der Waals surface area contributed by atoms with Gasteiger partial charge >= 0.3 is 23.9 Å². The molecule has 3 unspecified atom stereocenters. The zero-order valence-corrected chi connectivity index (χ0v) is 38.8. The van der Waals surface area contributed by atoms with Crippen molar-refractivity contribution in [1.29, 1.82) is 0 Å². The highest BCUT2D eigenvalue weighted by Crippen LogP contribution is 2.70. The summed E-state index contributed by atoms with van der Waals surface area (Å²) in [7, 11) is 4.11. The Bertz CT molecular complexity index is 2430. The van der Waals surface area contributed by atoms with Crippen LogP contribution < -0.4 is 0 Å². The number of allylic oxidation sites excluding steroid dienone is 1. The van der Waals surface area contributed by atoms with Gasteiger partial charge in [-0.25, -0.2) is 4.79 Å². The number of piperidine rings is 1.